The number of carbonyl (C=O) groups is 1. The molecule has 0 saturated carbocycles. The monoisotopic (exact) mass is 607 g/mol. The molecule has 1 N–H and O–H groups in total. The molecule has 0 aromatic carbocycles. The number of carboxylic acids is 1. The van der Waals surface area contributed by atoms with Gasteiger partial charge in [-0.25, -0.2) is 14.8 Å². The summed E-state index contributed by atoms with van der Waals surface area (Å²) in [5.41, 5.74) is 3.48. The number of pyridine rings is 1. The highest BCUT2D eigenvalue weighted by atomic mass is 32.1. The summed E-state index contributed by atoms with van der Waals surface area (Å²) < 4.78 is 8.97. The Bertz CT molecular complexity index is 1670. The van der Waals surface area contributed by atoms with Crippen molar-refractivity contribution in [1.29, 1.82) is 0 Å². The molecule has 0 radical (unpaired) electrons. The number of nitrogens with zero attached hydrogens (tertiary/aromatic N) is 5. The molecule has 222 valence electrons. The number of piperidine rings is 1. The van der Waals surface area contributed by atoms with Crippen molar-refractivity contribution in [3.63, 3.8) is 0 Å². The molecule has 42 heavy (non-hydrogen) atoms. The van der Waals surface area contributed by atoms with Gasteiger partial charge in [-0.05, 0) is 79.0 Å². The fourth-order valence-corrected chi connectivity index (χ4v) is 8.50. The van der Waals surface area contributed by atoms with E-state index in [1.165, 1.54) is 16.3 Å². The Labute approximate surface area is 253 Å². The van der Waals surface area contributed by atoms with E-state index in [1.807, 2.05) is 40.0 Å². The number of aryl methyl sites for hydroxylation is 3. The average molecular weight is 608 g/mol. The highest BCUT2D eigenvalue weighted by Gasteiger charge is 2.32. The number of rotatable bonds is 8. The number of hydrogen-bond donors (Lipinski definition) is 1. The molecule has 11 heteroatoms. The predicted molar refractivity (Wildman–Crippen MR) is 165 cm³/mol. The highest BCUT2D eigenvalue weighted by Crippen LogP contribution is 2.37. The molecule has 1 aliphatic carbocycles. The van der Waals surface area contributed by atoms with Gasteiger partial charge in [-0.15, -0.1) is 22.7 Å². The van der Waals surface area contributed by atoms with Crippen LogP contribution in [0.4, 0.5) is 0 Å². The Hall–Kier alpha value is -2.99. The van der Waals surface area contributed by atoms with Gasteiger partial charge in [0.2, 0.25) is 0 Å². The minimum atomic E-state index is -0.985. The largest absolute Gasteiger partial charge is 0.478 e. The molecule has 4 aromatic rings. The van der Waals surface area contributed by atoms with Crippen molar-refractivity contribution in [3.05, 3.63) is 72.3 Å². The van der Waals surface area contributed by atoms with Crippen molar-refractivity contribution < 1.29 is 14.6 Å². The second-order valence-corrected chi connectivity index (χ2v) is 13.7. The van der Waals surface area contributed by atoms with E-state index in [4.69, 9.17) is 9.72 Å². The number of thiophene rings is 1. The summed E-state index contributed by atoms with van der Waals surface area (Å²) >= 11 is 3.13. The standard InChI is InChI=1S/C31H37N5O4S2/c1-18-15-24(27-26(33-18)23(17-42-27)30(38)39)31(3,4)40-13-12-36-19(2)34-25-6-5-21(16-22(25)29(36)37)35-10-7-20(8-11-35)28-32-9-14-41-28/h9,14-15,17,20-21H,5-8,10-13,16H2,1-4H3,(H,38,39)/t21-/m0/s1. The van der Waals surface area contributed by atoms with Crippen molar-refractivity contribution in [2.75, 3.05) is 19.7 Å². The van der Waals surface area contributed by atoms with Crippen LogP contribution in [0.1, 0.15) is 82.7 Å². The number of aromatic nitrogens is 4. The van der Waals surface area contributed by atoms with Gasteiger partial charge in [-0.1, -0.05) is 0 Å². The summed E-state index contributed by atoms with van der Waals surface area (Å²) in [7, 11) is 0. The maximum Gasteiger partial charge on any atom is 0.338 e. The van der Waals surface area contributed by atoms with Crippen LogP contribution < -0.4 is 5.56 Å². The van der Waals surface area contributed by atoms with E-state index in [9.17, 15) is 14.7 Å². The molecule has 6 rings (SSSR count). The van der Waals surface area contributed by atoms with Gasteiger partial charge in [0.1, 0.15) is 5.82 Å². The van der Waals surface area contributed by atoms with Crippen LogP contribution in [0.15, 0.2) is 27.8 Å². The molecule has 0 unspecified atom stereocenters. The third-order valence-corrected chi connectivity index (χ3v) is 10.8. The molecule has 2 aliphatic rings. The summed E-state index contributed by atoms with van der Waals surface area (Å²) in [6.45, 7) is 10.5. The average Bonchev–Trinajstić information content (AvgIpc) is 3.65. The van der Waals surface area contributed by atoms with Gasteiger partial charge in [0.15, 0.2) is 0 Å². The summed E-state index contributed by atoms with van der Waals surface area (Å²) in [6, 6.07) is 2.33. The zero-order valence-corrected chi connectivity index (χ0v) is 26.2. The van der Waals surface area contributed by atoms with Gasteiger partial charge in [-0.2, -0.15) is 0 Å². The van der Waals surface area contributed by atoms with Gasteiger partial charge in [0, 0.05) is 45.7 Å². The van der Waals surface area contributed by atoms with Gasteiger partial charge in [0.25, 0.3) is 5.56 Å². The van der Waals surface area contributed by atoms with E-state index in [0.717, 1.165) is 78.2 Å². The zero-order valence-electron chi connectivity index (χ0n) is 24.6. The number of ether oxygens (including phenoxy) is 1. The second-order valence-electron chi connectivity index (χ2n) is 11.9. The second kappa shape index (κ2) is 11.6. The molecule has 9 nitrogen and oxygen atoms in total. The number of thiazole rings is 1. The van der Waals surface area contributed by atoms with Crippen LogP contribution >= 0.6 is 22.7 Å². The van der Waals surface area contributed by atoms with E-state index in [2.05, 4.69) is 20.2 Å². The number of carboxylic acid groups (broad SMARTS) is 1. The molecule has 1 atom stereocenters. The molecule has 0 spiro atoms. The number of aromatic carboxylic acids is 1. The van der Waals surface area contributed by atoms with Crippen molar-refractivity contribution in [2.45, 2.75) is 83.9 Å². The molecule has 1 aliphatic heterocycles. The van der Waals surface area contributed by atoms with Crippen LogP contribution in [0, 0.1) is 13.8 Å². The normalized spacial score (nSPS) is 18.4. The minimum Gasteiger partial charge on any atom is -0.478 e. The Kier molecular flexibility index (Phi) is 8.03. The van der Waals surface area contributed by atoms with E-state index < -0.39 is 11.6 Å². The summed E-state index contributed by atoms with van der Waals surface area (Å²) in [4.78, 5) is 41.9. The molecule has 4 aromatic heterocycles. The first-order chi connectivity index (χ1) is 20.1. The van der Waals surface area contributed by atoms with Crippen molar-refractivity contribution in [1.82, 2.24) is 24.4 Å². The molecule has 1 fully saturated rings. The fraction of sp³-hybridized carbons (Fsp3) is 0.516. The van der Waals surface area contributed by atoms with Gasteiger partial charge in [-0.3, -0.25) is 19.2 Å². The van der Waals surface area contributed by atoms with Crippen LogP contribution in [-0.4, -0.2) is 61.2 Å². The van der Waals surface area contributed by atoms with Crippen molar-refractivity contribution >= 4 is 38.9 Å². The Morgan fingerprint density at radius 1 is 1.17 bits per heavy atom. The number of fused-ring (bicyclic) bond motifs is 2. The smallest absolute Gasteiger partial charge is 0.338 e. The lowest BCUT2D eigenvalue weighted by molar-refractivity contribution is -0.0249. The van der Waals surface area contributed by atoms with E-state index in [1.54, 1.807) is 21.3 Å². The van der Waals surface area contributed by atoms with Crippen LogP contribution in [0.25, 0.3) is 10.2 Å². The third-order valence-electron chi connectivity index (χ3n) is 8.85. The van der Waals surface area contributed by atoms with Gasteiger partial charge >= 0.3 is 5.97 Å². The quantitative estimate of drug-likeness (QED) is 0.287. The maximum atomic E-state index is 13.8. The van der Waals surface area contributed by atoms with Crippen LogP contribution in [0.2, 0.25) is 0 Å². The van der Waals surface area contributed by atoms with Crippen molar-refractivity contribution in [3.8, 4) is 0 Å². The molecular formula is C31H37N5O4S2. The van der Waals surface area contributed by atoms with Crippen molar-refractivity contribution in [2.24, 2.45) is 0 Å². The predicted octanol–water partition coefficient (Wildman–Crippen LogP) is 5.31. The van der Waals surface area contributed by atoms with Crippen LogP contribution in [-0.2, 0) is 29.7 Å². The Balaban J connectivity index is 1.15. The fourth-order valence-electron chi connectivity index (χ4n) is 6.54. The summed E-state index contributed by atoms with van der Waals surface area (Å²) in [5, 5.41) is 14.5. The molecular weight excluding hydrogens is 571 g/mol. The van der Waals surface area contributed by atoms with E-state index >= 15 is 0 Å². The first-order valence-electron chi connectivity index (χ1n) is 14.6. The minimum absolute atomic E-state index is 0.0489. The zero-order chi connectivity index (χ0) is 29.6. The highest BCUT2D eigenvalue weighted by molar-refractivity contribution is 7.17. The molecule has 5 heterocycles. The summed E-state index contributed by atoms with van der Waals surface area (Å²) in [6.07, 6.45) is 6.75. The van der Waals surface area contributed by atoms with Gasteiger partial charge < -0.3 is 9.84 Å². The molecule has 1 saturated heterocycles. The number of hydrogen-bond acceptors (Lipinski definition) is 9. The third kappa shape index (κ3) is 5.55. The Morgan fingerprint density at radius 3 is 2.67 bits per heavy atom. The SMILES string of the molecule is Cc1cc(C(C)(C)OCCn2c(C)nc3c(c2=O)C[C@@H](N2CCC(c4nccs4)CC2)CC3)c2scc(C(=O)O)c2n1. The lowest BCUT2D eigenvalue weighted by atomic mass is 9.88. The first-order valence-corrected chi connectivity index (χ1v) is 16.4. The molecule has 0 bridgehead atoms. The first kappa shape index (κ1) is 29.1. The van der Waals surface area contributed by atoms with Gasteiger partial charge in [0.05, 0.1) is 45.2 Å². The topological polar surface area (TPSA) is 110 Å². The molecule has 0 amide bonds. The Morgan fingerprint density at radius 2 is 1.95 bits per heavy atom. The van der Waals surface area contributed by atoms with E-state index in [0.29, 0.717) is 30.6 Å². The lowest BCUT2D eigenvalue weighted by Gasteiger charge is -2.39. The summed E-state index contributed by atoms with van der Waals surface area (Å²) in [5.74, 6) is 0.282. The lowest BCUT2D eigenvalue weighted by Crippen LogP contribution is -2.46. The van der Waals surface area contributed by atoms with E-state index in [-0.39, 0.29) is 11.1 Å². The number of likely N-dealkylation sites (tertiary alicyclic amines) is 1. The van der Waals surface area contributed by atoms with Crippen LogP contribution in [0.3, 0.4) is 0 Å². The maximum absolute atomic E-state index is 13.8. The van der Waals surface area contributed by atoms with Crippen LogP contribution in [0.5, 0.6) is 0 Å².